The number of rotatable bonds is 0. The smallest absolute Gasteiger partial charge is 0.271 e. The van der Waals surface area contributed by atoms with Crippen molar-refractivity contribution < 1.29 is 9.59 Å². The number of hydrogen-bond acceptors (Lipinski definition) is 2. The molecule has 2 heterocycles. The molecular weight excluding hydrogens is 182 g/mol. The fourth-order valence-corrected chi connectivity index (χ4v) is 1.75. The van der Waals surface area contributed by atoms with Crippen LogP contribution >= 0.6 is 0 Å². The van der Waals surface area contributed by atoms with E-state index in [2.05, 4.69) is 10.9 Å². The second kappa shape index (κ2) is 2.87. The molecule has 0 bridgehead atoms. The summed E-state index contributed by atoms with van der Waals surface area (Å²) < 4.78 is 1.81. The highest BCUT2D eigenvalue weighted by molar-refractivity contribution is 6.00. The van der Waals surface area contributed by atoms with Crippen molar-refractivity contribution in [1.82, 2.24) is 15.4 Å². The van der Waals surface area contributed by atoms with E-state index in [4.69, 9.17) is 0 Å². The van der Waals surface area contributed by atoms with Crippen LogP contribution in [0.3, 0.4) is 0 Å². The molecule has 0 atom stereocenters. The first kappa shape index (κ1) is 8.80. The molecule has 0 radical (unpaired) electrons. The number of hydrogen-bond donors (Lipinski definition) is 2. The summed E-state index contributed by atoms with van der Waals surface area (Å²) in [7, 11) is 1.83. The number of carbonyl (C=O) groups is 2. The molecule has 2 rings (SSSR count). The molecular formula is C9H11N3O2. The molecule has 0 aromatic carbocycles. The summed E-state index contributed by atoms with van der Waals surface area (Å²) in [5, 5.41) is 0. The van der Waals surface area contributed by atoms with Gasteiger partial charge in [-0.2, -0.15) is 0 Å². The van der Waals surface area contributed by atoms with Crippen LogP contribution in [-0.2, 0) is 18.3 Å². The van der Waals surface area contributed by atoms with Gasteiger partial charge in [0.15, 0.2) is 0 Å². The fraction of sp³-hybridized carbons (Fsp3) is 0.333. The monoisotopic (exact) mass is 193 g/mol. The third-order valence-electron chi connectivity index (χ3n) is 2.37. The number of nitrogens with one attached hydrogen (secondary N) is 2. The van der Waals surface area contributed by atoms with E-state index in [0.29, 0.717) is 5.56 Å². The summed E-state index contributed by atoms with van der Waals surface area (Å²) in [6.45, 7) is 1.86. The Balaban J connectivity index is 2.59. The van der Waals surface area contributed by atoms with Crippen LogP contribution in [0, 0.1) is 6.92 Å². The van der Waals surface area contributed by atoms with Crippen molar-refractivity contribution in [3.63, 3.8) is 0 Å². The summed E-state index contributed by atoms with van der Waals surface area (Å²) in [4.78, 5) is 22.8. The number of amides is 2. The second-order valence-corrected chi connectivity index (χ2v) is 3.42. The Morgan fingerprint density at radius 2 is 2.07 bits per heavy atom. The molecule has 5 heteroatoms. The van der Waals surface area contributed by atoms with E-state index in [0.717, 1.165) is 11.3 Å². The SMILES string of the molecule is Cc1cn(C)c2c1C(=O)NNC(=O)C2. The molecule has 0 unspecified atom stereocenters. The summed E-state index contributed by atoms with van der Waals surface area (Å²) in [5.41, 5.74) is 6.93. The maximum absolute atomic E-state index is 11.5. The van der Waals surface area contributed by atoms with Gasteiger partial charge < -0.3 is 4.57 Å². The van der Waals surface area contributed by atoms with Crippen LogP contribution in [0.4, 0.5) is 0 Å². The van der Waals surface area contributed by atoms with Crippen LogP contribution in [0.1, 0.15) is 21.6 Å². The Hall–Kier alpha value is -1.78. The Morgan fingerprint density at radius 1 is 1.36 bits per heavy atom. The van der Waals surface area contributed by atoms with Gasteiger partial charge in [0.05, 0.1) is 12.0 Å². The highest BCUT2D eigenvalue weighted by Crippen LogP contribution is 2.17. The molecule has 2 N–H and O–H groups in total. The quantitative estimate of drug-likeness (QED) is 0.591. The van der Waals surface area contributed by atoms with Crippen LogP contribution in [-0.4, -0.2) is 16.4 Å². The van der Waals surface area contributed by atoms with Gasteiger partial charge in [-0.25, -0.2) is 0 Å². The predicted octanol–water partition coefficient (Wildman–Crippen LogP) is -0.349. The Labute approximate surface area is 81.1 Å². The Bertz CT molecular complexity index is 420. The van der Waals surface area contributed by atoms with Gasteiger partial charge in [0.1, 0.15) is 0 Å². The van der Waals surface area contributed by atoms with E-state index in [9.17, 15) is 9.59 Å². The molecule has 1 aliphatic rings. The minimum atomic E-state index is -0.246. The average Bonchev–Trinajstić information content (AvgIpc) is 2.31. The summed E-state index contributed by atoms with van der Waals surface area (Å²) in [6, 6.07) is 0. The Kier molecular flexibility index (Phi) is 1.80. The maximum atomic E-state index is 11.5. The van der Waals surface area contributed by atoms with E-state index in [1.807, 2.05) is 24.7 Å². The maximum Gasteiger partial charge on any atom is 0.271 e. The van der Waals surface area contributed by atoms with Crippen molar-refractivity contribution in [2.45, 2.75) is 13.3 Å². The molecule has 1 aliphatic heterocycles. The summed E-state index contributed by atoms with van der Waals surface area (Å²) in [6.07, 6.45) is 2.08. The van der Waals surface area contributed by atoms with Gasteiger partial charge in [0, 0.05) is 18.9 Å². The first-order valence-electron chi connectivity index (χ1n) is 4.33. The zero-order valence-electron chi connectivity index (χ0n) is 8.05. The van der Waals surface area contributed by atoms with Gasteiger partial charge in [-0.3, -0.25) is 20.4 Å². The topological polar surface area (TPSA) is 63.1 Å². The van der Waals surface area contributed by atoms with E-state index in [1.165, 1.54) is 0 Å². The predicted molar refractivity (Wildman–Crippen MR) is 49.5 cm³/mol. The van der Waals surface area contributed by atoms with Crippen LogP contribution < -0.4 is 10.9 Å². The van der Waals surface area contributed by atoms with E-state index < -0.39 is 0 Å². The summed E-state index contributed by atoms with van der Waals surface area (Å²) >= 11 is 0. The molecule has 0 fully saturated rings. The first-order chi connectivity index (χ1) is 6.59. The van der Waals surface area contributed by atoms with E-state index in [-0.39, 0.29) is 18.2 Å². The van der Waals surface area contributed by atoms with Crippen LogP contribution in [0.25, 0.3) is 0 Å². The molecule has 0 saturated carbocycles. The van der Waals surface area contributed by atoms with Crippen molar-refractivity contribution in [3.05, 3.63) is 23.0 Å². The second-order valence-electron chi connectivity index (χ2n) is 3.42. The third kappa shape index (κ3) is 1.17. The van der Waals surface area contributed by atoms with Crippen LogP contribution in [0.2, 0.25) is 0 Å². The number of hydrazine groups is 1. The van der Waals surface area contributed by atoms with Crippen molar-refractivity contribution in [3.8, 4) is 0 Å². The molecule has 74 valence electrons. The number of nitrogens with zero attached hydrogens (tertiary/aromatic N) is 1. The fourth-order valence-electron chi connectivity index (χ4n) is 1.75. The molecule has 0 spiro atoms. The summed E-state index contributed by atoms with van der Waals surface area (Å²) in [5.74, 6) is -0.442. The minimum Gasteiger partial charge on any atom is -0.353 e. The molecule has 1 aromatic heterocycles. The van der Waals surface area contributed by atoms with E-state index >= 15 is 0 Å². The van der Waals surface area contributed by atoms with Crippen molar-refractivity contribution >= 4 is 11.8 Å². The van der Waals surface area contributed by atoms with Gasteiger partial charge >= 0.3 is 0 Å². The van der Waals surface area contributed by atoms with Gasteiger partial charge in [-0.05, 0) is 12.5 Å². The highest BCUT2D eigenvalue weighted by Gasteiger charge is 2.23. The molecule has 14 heavy (non-hydrogen) atoms. The Morgan fingerprint density at radius 3 is 2.79 bits per heavy atom. The molecule has 1 aromatic rings. The largest absolute Gasteiger partial charge is 0.353 e. The zero-order chi connectivity index (χ0) is 10.3. The van der Waals surface area contributed by atoms with Gasteiger partial charge in [-0.1, -0.05) is 0 Å². The van der Waals surface area contributed by atoms with Crippen molar-refractivity contribution in [2.75, 3.05) is 0 Å². The molecule has 5 nitrogen and oxygen atoms in total. The lowest BCUT2D eigenvalue weighted by Crippen LogP contribution is -2.39. The minimum absolute atomic E-state index is 0.196. The highest BCUT2D eigenvalue weighted by atomic mass is 16.2. The molecule has 0 saturated heterocycles. The third-order valence-corrected chi connectivity index (χ3v) is 2.37. The average molecular weight is 193 g/mol. The van der Waals surface area contributed by atoms with Gasteiger partial charge in [-0.15, -0.1) is 0 Å². The van der Waals surface area contributed by atoms with Crippen molar-refractivity contribution in [1.29, 1.82) is 0 Å². The number of aryl methyl sites for hydroxylation is 2. The molecule has 2 amide bonds. The number of carbonyl (C=O) groups excluding carboxylic acids is 2. The normalized spacial score (nSPS) is 15.6. The first-order valence-corrected chi connectivity index (χ1v) is 4.33. The van der Waals surface area contributed by atoms with Crippen LogP contribution in [0.5, 0.6) is 0 Å². The standard InChI is InChI=1S/C9H11N3O2/c1-5-4-12(2)6-3-7(13)10-11-9(14)8(5)6/h4H,3H2,1-2H3,(H,10,13)(H,11,14). The lowest BCUT2D eigenvalue weighted by Gasteiger charge is -2.00. The molecule has 0 aliphatic carbocycles. The number of fused-ring (bicyclic) bond motifs is 1. The zero-order valence-corrected chi connectivity index (χ0v) is 8.05. The number of aromatic nitrogens is 1. The lowest BCUT2D eigenvalue weighted by atomic mass is 10.1. The van der Waals surface area contributed by atoms with Gasteiger partial charge in [0.2, 0.25) is 5.91 Å². The van der Waals surface area contributed by atoms with Crippen molar-refractivity contribution in [2.24, 2.45) is 7.05 Å². The van der Waals surface area contributed by atoms with E-state index in [1.54, 1.807) is 0 Å². The van der Waals surface area contributed by atoms with Gasteiger partial charge in [0.25, 0.3) is 5.91 Å². The van der Waals surface area contributed by atoms with Crippen LogP contribution in [0.15, 0.2) is 6.20 Å². The lowest BCUT2D eigenvalue weighted by molar-refractivity contribution is -0.121.